The molecule has 0 unspecified atom stereocenters. The standard InChI is InChI=1S/C46H61ClN8O7/c47-43-45(49)52-44(48)42(51-43)46(60)50-35-10-7-29-55(30-35,27-5-8-33-15-19-38(20-16-33)61-31-36(56)11-1-23-53-25-3-13-40(53)58)28-6-9-34-17-21-39(22-18-34)62-32-37(57)12-2-24-54-26-4-14-41(54)59/h15-22,35H,1-14,23-32H2,(H4-,48,49,50,52,60)/p+1/t35-/m0/s1. The van der Waals surface area contributed by atoms with Crippen molar-refractivity contribution in [3.63, 3.8) is 0 Å². The molecular weight excluding hydrogens is 812 g/mol. The van der Waals surface area contributed by atoms with E-state index in [0.29, 0.717) is 63.1 Å². The van der Waals surface area contributed by atoms with Gasteiger partial charge in [-0.25, -0.2) is 9.97 Å². The second-order valence-electron chi connectivity index (χ2n) is 17.0. The van der Waals surface area contributed by atoms with Crippen LogP contribution >= 0.6 is 11.6 Å². The number of aryl methyl sites for hydroxylation is 2. The van der Waals surface area contributed by atoms with Crippen LogP contribution in [0.4, 0.5) is 11.6 Å². The molecule has 15 nitrogen and oxygen atoms in total. The Hall–Kier alpha value is -5.28. The Balaban J connectivity index is 0.986. The Morgan fingerprint density at radius 1 is 0.726 bits per heavy atom. The molecule has 334 valence electrons. The number of carbonyl (C=O) groups excluding carboxylic acids is 5. The number of nitrogens with two attached hydrogens (primary N) is 2. The predicted octanol–water partition coefficient (Wildman–Crippen LogP) is 4.97. The van der Waals surface area contributed by atoms with Gasteiger partial charge in [0.25, 0.3) is 5.91 Å². The summed E-state index contributed by atoms with van der Waals surface area (Å²) in [5, 5.41) is 3.09. The van der Waals surface area contributed by atoms with Crippen LogP contribution in [0.25, 0.3) is 0 Å². The van der Waals surface area contributed by atoms with Crippen LogP contribution in [0.3, 0.4) is 0 Å². The SMILES string of the molecule is Nc1nc(N)c(C(=O)N[C@H]2CCC[N+](CCCc3ccc(OCC(=O)CCCN4CCCC4=O)cc3)(CCCc3ccc(OCC(=O)CCCN4CCCC4=O)cc3)C2)nc1Cl. The molecule has 2 aromatic carbocycles. The maximum atomic E-state index is 13.4. The van der Waals surface area contributed by atoms with Crippen LogP contribution < -0.4 is 26.3 Å². The number of halogens is 1. The molecular formula is C46H62ClN8O7+. The summed E-state index contributed by atoms with van der Waals surface area (Å²) in [5.74, 6) is 1.19. The van der Waals surface area contributed by atoms with Gasteiger partial charge in [-0.3, -0.25) is 24.0 Å². The highest BCUT2D eigenvalue weighted by atomic mass is 35.5. The van der Waals surface area contributed by atoms with Gasteiger partial charge < -0.3 is 40.5 Å². The van der Waals surface area contributed by atoms with Gasteiger partial charge in [-0.05, 0) is 86.8 Å². The summed E-state index contributed by atoms with van der Waals surface area (Å²) in [7, 11) is 0. The Bertz CT molecular complexity index is 1920. The second kappa shape index (κ2) is 22.7. The topological polar surface area (TPSA) is 200 Å². The largest absolute Gasteiger partial charge is 0.486 e. The summed E-state index contributed by atoms with van der Waals surface area (Å²) in [4.78, 5) is 73.6. The van der Waals surface area contributed by atoms with Gasteiger partial charge in [0.05, 0.1) is 32.2 Å². The maximum Gasteiger partial charge on any atom is 0.274 e. The number of nitrogens with zero attached hydrogens (tertiary/aromatic N) is 5. The number of piperidine rings is 1. The van der Waals surface area contributed by atoms with E-state index in [0.717, 1.165) is 95.1 Å². The van der Waals surface area contributed by atoms with Gasteiger partial charge >= 0.3 is 0 Å². The number of ether oxygens (including phenoxy) is 2. The van der Waals surface area contributed by atoms with Crippen LogP contribution in [0.5, 0.6) is 11.5 Å². The number of likely N-dealkylation sites (tertiary alicyclic amines) is 3. The van der Waals surface area contributed by atoms with Crippen molar-refractivity contribution in [1.29, 1.82) is 0 Å². The molecule has 3 fully saturated rings. The summed E-state index contributed by atoms with van der Waals surface area (Å²) in [6.45, 7) is 6.44. The van der Waals surface area contributed by atoms with Gasteiger partial charge in [-0.15, -0.1) is 0 Å². The molecule has 0 aliphatic carbocycles. The number of ketones is 2. The molecule has 0 spiro atoms. The van der Waals surface area contributed by atoms with Crippen molar-refractivity contribution in [3.8, 4) is 11.5 Å². The third-order valence-electron chi connectivity index (χ3n) is 12.2. The third kappa shape index (κ3) is 13.9. The number of carbonyl (C=O) groups is 5. The number of benzene rings is 2. The van der Waals surface area contributed by atoms with Gasteiger partial charge in [0.15, 0.2) is 34.0 Å². The Morgan fingerprint density at radius 3 is 1.73 bits per heavy atom. The molecule has 4 heterocycles. The molecule has 16 heteroatoms. The number of quaternary nitrogens is 1. The average molecular weight is 875 g/mol. The fraction of sp³-hybridized carbons (Fsp3) is 0.543. The lowest BCUT2D eigenvalue weighted by molar-refractivity contribution is -0.933. The number of aromatic nitrogens is 2. The molecule has 3 aromatic rings. The van der Waals surface area contributed by atoms with Gasteiger partial charge in [-0.2, -0.15) is 0 Å². The molecule has 6 rings (SSSR count). The van der Waals surface area contributed by atoms with Crippen molar-refractivity contribution >= 4 is 52.5 Å². The number of amides is 3. The van der Waals surface area contributed by atoms with E-state index >= 15 is 0 Å². The highest BCUT2D eigenvalue weighted by Crippen LogP contribution is 2.25. The monoisotopic (exact) mass is 873 g/mol. The van der Waals surface area contributed by atoms with E-state index in [2.05, 4.69) is 15.3 Å². The van der Waals surface area contributed by atoms with Crippen molar-refractivity contribution < 1.29 is 37.9 Å². The number of hydrogen-bond donors (Lipinski definition) is 3. The van der Waals surface area contributed by atoms with E-state index in [1.54, 1.807) is 0 Å². The first-order chi connectivity index (χ1) is 29.9. The first kappa shape index (κ1) is 46.2. The van der Waals surface area contributed by atoms with Gasteiger partial charge in [-0.1, -0.05) is 35.9 Å². The summed E-state index contributed by atoms with van der Waals surface area (Å²) < 4.78 is 12.4. The van der Waals surface area contributed by atoms with Crippen molar-refractivity contribution in [1.82, 2.24) is 25.1 Å². The summed E-state index contributed by atoms with van der Waals surface area (Å²) >= 11 is 6.09. The highest BCUT2D eigenvalue weighted by Gasteiger charge is 2.36. The number of rotatable bonds is 24. The zero-order valence-corrected chi connectivity index (χ0v) is 36.5. The van der Waals surface area contributed by atoms with E-state index < -0.39 is 5.91 Å². The molecule has 0 saturated carbocycles. The smallest absolute Gasteiger partial charge is 0.274 e. The molecule has 3 amide bonds. The highest BCUT2D eigenvalue weighted by molar-refractivity contribution is 6.31. The first-order valence-corrected chi connectivity index (χ1v) is 22.6. The quantitative estimate of drug-likeness (QED) is 0.103. The summed E-state index contributed by atoms with van der Waals surface area (Å²) in [5.41, 5.74) is 14.1. The Kier molecular flexibility index (Phi) is 16.9. The van der Waals surface area contributed by atoms with E-state index in [-0.39, 0.29) is 65.1 Å². The van der Waals surface area contributed by atoms with Gasteiger partial charge in [0.2, 0.25) is 11.8 Å². The van der Waals surface area contributed by atoms with Crippen molar-refractivity contribution in [3.05, 3.63) is 70.5 Å². The molecule has 0 radical (unpaired) electrons. The van der Waals surface area contributed by atoms with Crippen LogP contribution in [0.1, 0.15) is 98.7 Å². The lowest BCUT2D eigenvalue weighted by Gasteiger charge is -2.45. The van der Waals surface area contributed by atoms with E-state index in [1.807, 2.05) is 58.3 Å². The van der Waals surface area contributed by atoms with E-state index in [1.165, 1.54) is 11.1 Å². The van der Waals surface area contributed by atoms with E-state index in [9.17, 15) is 24.0 Å². The minimum Gasteiger partial charge on any atom is -0.486 e. The number of hydrogen-bond acceptors (Lipinski definition) is 11. The van der Waals surface area contributed by atoms with Crippen LogP contribution in [0.2, 0.25) is 5.15 Å². The van der Waals surface area contributed by atoms with Gasteiger partial charge in [0, 0.05) is 64.7 Å². The molecule has 3 aliphatic heterocycles. The fourth-order valence-corrected chi connectivity index (χ4v) is 8.98. The second-order valence-corrected chi connectivity index (χ2v) is 17.3. The predicted molar refractivity (Wildman–Crippen MR) is 237 cm³/mol. The number of Topliss-reactive ketones (excluding diaryl/α,β-unsaturated/α-hetero) is 2. The van der Waals surface area contributed by atoms with Crippen LogP contribution in [0.15, 0.2) is 48.5 Å². The average Bonchev–Trinajstić information content (AvgIpc) is 3.87. The molecule has 3 saturated heterocycles. The maximum absolute atomic E-state index is 13.4. The number of nitrogens with one attached hydrogen (secondary N) is 1. The van der Waals surface area contributed by atoms with Crippen molar-refractivity contribution in [2.24, 2.45) is 0 Å². The van der Waals surface area contributed by atoms with Crippen LogP contribution in [0, 0.1) is 0 Å². The zero-order chi connectivity index (χ0) is 43.9. The van der Waals surface area contributed by atoms with Crippen LogP contribution in [-0.2, 0) is 32.0 Å². The lowest BCUT2D eigenvalue weighted by atomic mass is 9.99. The first-order valence-electron chi connectivity index (χ1n) is 22.2. The molecule has 62 heavy (non-hydrogen) atoms. The Morgan fingerprint density at radius 2 is 1.24 bits per heavy atom. The minimum absolute atomic E-state index is 0.0130. The number of anilines is 2. The fourth-order valence-electron chi connectivity index (χ4n) is 8.85. The molecule has 3 aliphatic rings. The summed E-state index contributed by atoms with van der Waals surface area (Å²) in [6, 6.07) is 15.7. The van der Waals surface area contributed by atoms with Crippen LogP contribution in [-0.4, -0.2) is 125 Å². The number of nitrogen functional groups attached to an aromatic ring is 2. The molecule has 1 atom stereocenters. The minimum atomic E-state index is -0.424. The third-order valence-corrected chi connectivity index (χ3v) is 12.5. The van der Waals surface area contributed by atoms with E-state index in [4.69, 9.17) is 32.5 Å². The summed E-state index contributed by atoms with van der Waals surface area (Å²) in [6.07, 6.45) is 10.5. The van der Waals surface area contributed by atoms with Gasteiger partial charge in [0.1, 0.15) is 24.7 Å². The zero-order valence-electron chi connectivity index (χ0n) is 35.8. The molecule has 1 aromatic heterocycles. The normalized spacial score (nSPS) is 17.3. The molecule has 5 N–H and O–H groups in total. The Labute approximate surface area is 369 Å². The lowest BCUT2D eigenvalue weighted by Crippen LogP contribution is -2.60. The molecule has 0 bridgehead atoms. The van der Waals surface area contributed by atoms with Crippen molar-refractivity contribution in [2.45, 2.75) is 95.9 Å². The van der Waals surface area contributed by atoms with Crippen molar-refractivity contribution in [2.75, 3.05) is 77.0 Å².